The second-order valence-corrected chi connectivity index (χ2v) is 6.89. The fraction of sp³-hybridized carbons (Fsp3) is 0.316. The van der Waals surface area contributed by atoms with E-state index in [1.807, 2.05) is 36.4 Å². The van der Waals surface area contributed by atoms with E-state index in [0.29, 0.717) is 0 Å². The number of ether oxygens (including phenoxy) is 1. The molecule has 0 spiro atoms. The van der Waals surface area contributed by atoms with Crippen molar-refractivity contribution < 1.29 is 9.53 Å². The normalized spacial score (nSPS) is 16.1. The summed E-state index contributed by atoms with van der Waals surface area (Å²) in [7, 11) is 1.63. The molecule has 1 aliphatic rings. The molecule has 0 atom stereocenters. The second kappa shape index (κ2) is 6.75. The first-order valence-corrected chi connectivity index (χ1v) is 8.65. The molecule has 1 amide bonds. The van der Waals surface area contributed by atoms with Gasteiger partial charge in [-0.25, -0.2) is 0 Å². The Hall–Kier alpha value is -1.81. The molecule has 0 bridgehead atoms. The van der Waals surface area contributed by atoms with E-state index in [1.165, 1.54) is 0 Å². The molecule has 2 aromatic rings. The van der Waals surface area contributed by atoms with Gasteiger partial charge in [-0.3, -0.25) is 4.79 Å². The van der Waals surface area contributed by atoms with E-state index in [0.717, 1.165) is 47.2 Å². The number of nitrogens with one attached hydrogen (secondary N) is 1. The van der Waals surface area contributed by atoms with Crippen LogP contribution in [0.25, 0.3) is 0 Å². The highest BCUT2D eigenvalue weighted by atomic mass is 79.9. The molecule has 3 nitrogen and oxygen atoms in total. The first-order valence-electron chi connectivity index (χ1n) is 7.86. The summed E-state index contributed by atoms with van der Waals surface area (Å²) < 4.78 is 6.19. The van der Waals surface area contributed by atoms with Gasteiger partial charge in [0, 0.05) is 10.2 Å². The minimum atomic E-state index is -0.416. The van der Waals surface area contributed by atoms with Crippen molar-refractivity contribution in [3.05, 3.63) is 58.6 Å². The van der Waals surface area contributed by atoms with Crippen LogP contribution in [0.4, 0.5) is 5.69 Å². The van der Waals surface area contributed by atoms with Crippen LogP contribution < -0.4 is 10.1 Å². The molecule has 1 N–H and O–H groups in total. The Bertz CT molecular complexity index is 674. The molecule has 0 aromatic heterocycles. The molecule has 1 saturated carbocycles. The second-order valence-electron chi connectivity index (χ2n) is 5.98. The third-order valence-corrected chi connectivity index (χ3v) is 5.17. The number of hydrogen-bond donors (Lipinski definition) is 1. The molecule has 2 aromatic carbocycles. The Labute approximate surface area is 145 Å². The molecule has 4 heteroatoms. The van der Waals surface area contributed by atoms with Crippen molar-refractivity contribution in [1.29, 1.82) is 0 Å². The predicted octanol–water partition coefficient (Wildman–Crippen LogP) is 4.91. The molecule has 23 heavy (non-hydrogen) atoms. The molecule has 3 rings (SSSR count). The van der Waals surface area contributed by atoms with Gasteiger partial charge in [0.05, 0.1) is 12.5 Å². The molecule has 1 fully saturated rings. The lowest BCUT2D eigenvalue weighted by molar-refractivity contribution is -0.121. The number of halogens is 1. The van der Waals surface area contributed by atoms with Gasteiger partial charge >= 0.3 is 0 Å². The zero-order valence-corrected chi connectivity index (χ0v) is 14.7. The first kappa shape index (κ1) is 16.1. The lowest BCUT2D eigenvalue weighted by atomic mass is 9.78. The van der Waals surface area contributed by atoms with Gasteiger partial charge < -0.3 is 10.1 Å². The Balaban J connectivity index is 1.85. The van der Waals surface area contributed by atoms with E-state index in [-0.39, 0.29) is 5.91 Å². The quantitative estimate of drug-likeness (QED) is 0.826. The van der Waals surface area contributed by atoms with Crippen molar-refractivity contribution in [2.75, 3.05) is 12.4 Å². The van der Waals surface area contributed by atoms with Crippen LogP contribution >= 0.6 is 15.9 Å². The van der Waals surface area contributed by atoms with Gasteiger partial charge in [0.2, 0.25) is 5.91 Å². The highest BCUT2D eigenvalue weighted by Crippen LogP contribution is 2.42. The Morgan fingerprint density at radius 1 is 1.04 bits per heavy atom. The number of amides is 1. The third-order valence-electron chi connectivity index (χ3n) is 4.64. The van der Waals surface area contributed by atoms with E-state index in [1.54, 1.807) is 7.11 Å². The Morgan fingerprint density at radius 2 is 1.65 bits per heavy atom. The van der Waals surface area contributed by atoms with Crippen molar-refractivity contribution in [3.63, 3.8) is 0 Å². The molecular formula is C19H20BrNO2. The average Bonchev–Trinajstić information content (AvgIpc) is 3.07. The molecule has 0 heterocycles. The van der Waals surface area contributed by atoms with Gasteiger partial charge in [-0.15, -0.1) is 0 Å². The maximum absolute atomic E-state index is 13.0. The molecule has 0 radical (unpaired) electrons. The highest BCUT2D eigenvalue weighted by Gasteiger charge is 2.42. The molecular weight excluding hydrogens is 354 g/mol. The maximum atomic E-state index is 13.0. The topological polar surface area (TPSA) is 38.3 Å². The average molecular weight is 374 g/mol. The summed E-state index contributed by atoms with van der Waals surface area (Å²) in [6.07, 6.45) is 3.98. The molecule has 0 unspecified atom stereocenters. The van der Waals surface area contributed by atoms with Gasteiger partial charge in [-0.1, -0.05) is 40.9 Å². The molecule has 0 saturated heterocycles. The smallest absolute Gasteiger partial charge is 0.235 e. The number of rotatable bonds is 4. The van der Waals surface area contributed by atoms with E-state index in [4.69, 9.17) is 4.74 Å². The summed E-state index contributed by atoms with van der Waals surface area (Å²) in [6.45, 7) is 0. The maximum Gasteiger partial charge on any atom is 0.235 e. The minimum Gasteiger partial charge on any atom is -0.497 e. The SMILES string of the molecule is COc1ccc(NC(=O)C2(c3ccc(Br)cc3)CCCC2)cc1. The van der Waals surface area contributed by atoms with Gasteiger partial charge in [0.15, 0.2) is 0 Å². The largest absolute Gasteiger partial charge is 0.497 e. The van der Waals surface area contributed by atoms with Crippen LogP contribution in [0.15, 0.2) is 53.0 Å². The zero-order valence-electron chi connectivity index (χ0n) is 13.1. The van der Waals surface area contributed by atoms with E-state index in [2.05, 4.69) is 33.4 Å². The van der Waals surface area contributed by atoms with Gasteiger partial charge in [-0.2, -0.15) is 0 Å². The fourth-order valence-electron chi connectivity index (χ4n) is 3.32. The summed E-state index contributed by atoms with van der Waals surface area (Å²) in [5.41, 5.74) is 1.49. The summed E-state index contributed by atoms with van der Waals surface area (Å²) in [6, 6.07) is 15.6. The number of benzene rings is 2. The first-order chi connectivity index (χ1) is 11.1. The van der Waals surface area contributed by atoms with Crippen LogP contribution in [0.3, 0.4) is 0 Å². The number of carbonyl (C=O) groups is 1. The molecule has 120 valence electrons. The van der Waals surface area contributed by atoms with Gasteiger partial charge in [0.1, 0.15) is 5.75 Å². The lowest BCUT2D eigenvalue weighted by Crippen LogP contribution is -2.37. The van der Waals surface area contributed by atoms with Gasteiger partial charge in [0.25, 0.3) is 0 Å². The van der Waals surface area contributed by atoms with E-state index in [9.17, 15) is 4.79 Å². The molecule has 1 aliphatic carbocycles. The van der Waals surface area contributed by atoms with E-state index < -0.39 is 5.41 Å². The van der Waals surface area contributed by atoms with Crippen molar-refractivity contribution in [2.24, 2.45) is 0 Å². The highest BCUT2D eigenvalue weighted by molar-refractivity contribution is 9.10. The van der Waals surface area contributed by atoms with Gasteiger partial charge in [-0.05, 0) is 54.8 Å². The van der Waals surface area contributed by atoms with Crippen LogP contribution in [0, 0.1) is 0 Å². The summed E-state index contributed by atoms with van der Waals surface area (Å²) in [5.74, 6) is 0.869. The summed E-state index contributed by atoms with van der Waals surface area (Å²) >= 11 is 3.46. The van der Waals surface area contributed by atoms with Crippen LogP contribution in [0.1, 0.15) is 31.2 Å². The van der Waals surface area contributed by atoms with Crippen LogP contribution in [0.5, 0.6) is 5.75 Å². The van der Waals surface area contributed by atoms with Crippen LogP contribution in [-0.2, 0) is 10.2 Å². The van der Waals surface area contributed by atoms with Crippen molar-refractivity contribution in [1.82, 2.24) is 0 Å². The summed E-state index contributed by atoms with van der Waals surface area (Å²) in [5, 5.41) is 3.08. The number of carbonyl (C=O) groups excluding carboxylic acids is 1. The standard InChI is InChI=1S/C19H20BrNO2/c1-23-17-10-8-16(9-11-17)21-18(22)19(12-2-3-13-19)14-4-6-15(20)7-5-14/h4-11H,2-3,12-13H2,1H3,(H,21,22). The van der Waals surface area contributed by atoms with Crippen molar-refractivity contribution in [2.45, 2.75) is 31.1 Å². The zero-order chi connectivity index (χ0) is 16.3. The number of hydrogen-bond acceptors (Lipinski definition) is 2. The fourth-order valence-corrected chi connectivity index (χ4v) is 3.58. The van der Waals surface area contributed by atoms with Crippen molar-refractivity contribution in [3.8, 4) is 5.75 Å². The van der Waals surface area contributed by atoms with Crippen LogP contribution in [0.2, 0.25) is 0 Å². The molecule has 0 aliphatic heterocycles. The number of anilines is 1. The predicted molar refractivity (Wildman–Crippen MR) is 95.9 cm³/mol. The lowest BCUT2D eigenvalue weighted by Gasteiger charge is -2.28. The van der Waals surface area contributed by atoms with E-state index >= 15 is 0 Å². The Kier molecular flexibility index (Phi) is 4.71. The third kappa shape index (κ3) is 3.27. The van der Waals surface area contributed by atoms with Crippen molar-refractivity contribution >= 4 is 27.5 Å². The minimum absolute atomic E-state index is 0.0856. The summed E-state index contributed by atoms with van der Waals surface area (Å²) in [4.78, 5) is 13.0. The number of methoxy groups -OCH3 is 1. The monoisotopic (exact) mass is 373 g/mol. The Morgan fingerprint density at radius 3 is 2.22 bits per heavy atom. The van der Waals surface area contributed by atoms with Crippen LogP contribution in [-0.4, -0.2) is 13.0 Å².